The van der Waals surface area contributed by atoms with Crippen molar-refractivity contribution >= 4 is 36.0 Å². The number of amides is 3. The molecule has 2 saturated heterocycles. The fourth-order valence-electron chi connectivity index (χ4n) is 3.65. The third-order valence-electron chi connectivity index (χ3n) is 5.59. The highest BCUT2D eigenvalue weighted by Gasteiger charge is 2.54. The summed E-state index contributed by atoms with van der Waals surface area (Å²) in [5.41, 5.74) is -3.60. The number of carbonyl (C=O) groups is 3. The van der Waals surface area contributed by atoms with Crippen LogP contribution in [0.4, 0.5) is 4.79 Å². The van der Waals surface area contributed by atoms with Crippen LogP contribution in [0.3, 0.4) is 0 Å². The molecule has 3 amide bonds. The van der Waals surface area contributed by atoms with E-state index in [1.807, 2.05) is 10.3 Å². The van der Waals surface area contributed by atoms with Crippen LogP contribution in [-0.4, -0.2) is 86.0 Å². The molecule has 16 nitrogen and oxygen atoms in total. The first kappa shape index (κ1) is 30.0. The average Bonchev–Trinajstić information content (AvgIpc) is 3.25. The monoisotopic (exact) mass is 579 g/mol. The lowest BCUT2D eigenvalue weighted by Crippen LogP contribution is -2.47. The third kappa shape index (κ3) is 6.91. The molecule has 0 bridgehead atoms. The maximum Gasteiger partial charge on any atom is 0.330 e. The zero-order chi connectivity index (χ0) is 28.4. The minimum atomic E-state index is -4.05. The van der Waals surface area contributed by atoms with Crippen LogP contribution in [0, 0.1) is 0 Å². The second-order valence-electron chi connectivity index (χ2n) is 9.16. The van der Waals surface area contributed by atoms with Crippen LogP contribution in [-0.2, 0) is 28.2 Å². The van der Waals surface area contributed by atoms with E-state index in [1.165, 1.54) is 13.8 Å². The van der Waals surface area contributed by atoms with Gasteiger partial charge < -0.3 is 29.5 Å². The molecule has 38 heavy (non-hydrogen) atoms. The largest absolute Gasteiger partial charge is 0.462 e. The molecule has 3 rings (SSSR count). The van der Waals surface area contributed by atoms with E-state index in [9.17, 15) is 38.8 Å². The predicted molar refractivity (Wildman–Crippen MR) is 132 cm³/mol. The normalized spacial score (nSPS) is 29.6. The minimum absolute atomic E-state index is 0.199. The van der Waals surface area contributed by atoms with Gasteiger partial charge in [-0.3, -0.25) is 33.8 Å². The Bertz CT molecular complexity index is 1230. The first-order chi connectivity index (χ1) is 17.6. The zero-order valence-electron chi connectivity index (χ0n) is 20.9. The van der Waals surface area contributed by atoms with Crippen LogP contribution in [0.25, 0.3) is 0 Å². The molecule has 18 heteroatoms. The molecule has 212 valence electrons. The van der Waals surface area contributed by atoms with Gasteiger partial charge in [0, 0.05) is 18.0 Å². The van der Waals surface area contributed by atoms with Crippen LogP contribution in [0.1, 0.15) is 33.9 Å². The Balaban J connectivity index is 1.76. The molecule has 0 aromatic carbocycles. The van der Waals surface area contributed by atoms with Gasteiger partial charge in [0.15, 0.2) is 6.23 Å². The van der Waals surface area contributed by atoms with Gasteiger partial charge in [0.25, 0.3) is 11.5 Å². The standard InChI is InChI=1S/C20H30N5O11PS/c1-9(2)35-16(29)10(3)24-37(33,38-8-11-15(28)23-18(30)21-11)34-7-12-14(27)20(4,32)17(36-12)25-6-5-13(26)22-19(25)31/h5-6,9-12,14,17,27,32H,7-8H2,1-4H3,(H,24,33)(H,22,26,31)(H2,21,23,28,30)/t10-,11?,12+,14+,17+,20?,37?/m0/s1. The summed E-state index contributed by atoms with van der Waals surface area (Å²) in [6.07, 6.45) is -3.74. The predicted octanol–water partition coefficient (Wildman–Crippen LogP) is -1.46. The molecule has 0 radical (unpaired) electrons. The molecule has 6 N–H and O–H groups in total. The molecule has 2 aliphatic rings. The first-order valence-electron chi connectivity index (χ1n) is 11.5. The number of H-pyrrole nitrogens is 1. The summed E-state index contributed by atoms with van der Waals surface area (Å²) < 4.78 is 30.9. The molecule has 2 aliphatic heterocycles. The number of rotatable bonds is 11. The molecule has 3 unspecified atom stereocenters. The fourth-order valence-corrected chi connectivity index (χ4v) is 7.51. The van der Waals surface area contributed by atoms with E-state index in [0.29, 0.717) is 11.4 Å². The van der Waals surface area contributed by atoms with E-state index < -0.39 is 84.7 Å². The Kier molecular flexibility index (Phi) is 9.24. The number of carbonyl (C=O) groups excluding carboxylic acids is 3. The SMILES string of the molecule is CC(C)OC(=O)[C@H](C)NP(=O)(OC[C@H]1O[C@@H](n2ccc(=O)[nH]c2=O)C(C)(O)[C@@H]1O)SCC1NC(=O)NC1=O. The van der Waals surface area contributed by atoms with Crippen molar-refractivity contribution < 1.29 is 43.2 Å². The number of aliphatic hydroxyl groups excluding tert-OH is 1. The summed E-state index contributed by atoms with van der Waals surface area (Å²) in [5, 5.41) is 28.5. The number of imide groups is 1. The van der Waals surface area contributed by atoms with Crippen molar-refractivity contribution in [3.8, 4) is 0 Å². The number of ether oxygens (including phenoxy) is 2. The quantitative estimate of drug-likeness (QED) is 0.100. The molecule has 1 aromatic heterocycles. The van der Waals surface area contributed by atoms with E-state index in [1.54, 1.807) is 13.8 Å². The lowest BCUT2D eigenvalue weighted by atomic mass is 9.96. The van der Waals surface area contributed by atoms with Crippen LogP contribution >= 0.6 is 18.1 Å². The lowest BCUT2D eigenvalue weighted by Gasteiger charge is -2.27. The molecule has 0 spiro atoms. The van der Waals surface area contributed by atoms with Gasteiger partial charge in [0.2, 0.25) is 0 Å². The van der Waals surface area contributed by atoms with Gasteiger partial charge in [-0.05, 0) is 27.7 Å². The number of aromatic nitrogens is 2. The molecular weight excluding hydrogens is 549 g/mol. The average molecular weight is 580 g/mol. The van der Waals surface area contributed by atoms with Gasteiger partial charge in [0.05, 0.1) is 12.7 Å². The zero-order valence-corrected chi connectivity index (χ0v) is 22.6. The van der Waals surface area contributed by atoms with Crippen molar-refractivity contribution in [3.63, 3.8) is 0 Å². The summed E-state index contributed by atoms with van der Waals surface area (Å²) in [7, 11) is 0. The lowest BCUT2D eigenvalue weighted by molar-refractivity contribution is -0.149. The highest BCUT2D eigenvalue weighted by atomic mass is 32.7. The second kappa shape index (κ2) is 11.7. The first-order valence-corrected chi connectivity index (χ1v) is 14.7. The number of aromatic amines is 1. The van der Waals surface area contributed by atoms with Crippen LogP contribution in [0.5, 0.6) is 0 Å². The smallest absolute Gasteiger partial charge is 0.330 e. The van der Waals surface area contributed by atoms with Crippen LogP contribution in [0.2, 0.25) is 0 Å². The van der Waals surface area contributed by atoms with Gasteiger partial charge in [-0.1, -0.05) is 11.4 Å². The van der Waals surface area contributed by atoms with Gasteiger partial charge in [-0.25, -0.2) is 14.7 Å². The summed E-state index contributed by atoms with van der Waals surface area (Å²) >= 11 is 0.622. The van der Waals surface area contributed by atoms with Crippen molar-refractivity contribution in [2.45, 2.75) is 69.9 Å². The van der Waals surface area contributed by atoms with Gasteiger partial charge in [0.1, 0.15) is 29.9 Å². The number of hydrogen-bond acceptors (Lipinski definition) is 12. The van der Waals surface area contributed by atoms with Crippen LogP contribution < -0.4 is 27.0 Å². The number of nitrogens with one attached hydrogen (secondary N) is 4. The van der Waals surface area contributed by atoms with E-state index in [0.717, 1.165) is 16.8 Å². The summed E-state index contributed by atoms with van der Waals surface area (Å²) in [5.74, 6) is -1.57. The van der Waals surface area contributed by atoms with Crippen molar-refractivity contribution in [2.24, 2.45) is 0 Å². The van der Waals surface area contributed by atoms with E-state index >= 15 is 0 Å². The Labute approximate surface area is 220 Å². The van der Waals surface area contributed by atoms with Gasteiger partial charge in [-0.2, -0.15) is 0 Å². The van der Waals surface area contributed by atoms with Gasteiger partial charge >= 0.3 is 24.4 Å². The van der Waals surface area contributed by atoms with Crippen molar-refractivity contribution in [1.82, 2.24) is 25.3 Å². The summed E-state index contributed by atoms with van der Waals surface area (Å²) in [6, 6.07) is -1.82. The Morgan fingerprint density at radius 2 is 2.00 bits per heavy atom. The molecular formula is C20H30N5O11PS. The maximum absolute atomic E-state index is 13.7. The second-order valence-corrected chi connectivity index (χ2v) is 13.5. The third-order valence-corrected chi connectivity index (χ3v) is 9.71. The highest BCUT2D eigenvalue weighted by molar-refractivity contribution is 8.56. The summed E-state index contributed by atoms with van der Waals surface area (Å²) in [6.45, 7) is 1.21. The Hall–Kier alpha value is -2.53. The molecule has 2 fully saturated rings. The number of aliphatic hydroxyl groups is 2. The molecule has 0 saturated carbocycles. The minimum Gasteiger partial charge on any atom is -0.462 e. The highest BCUT2D eigenvalue weighted by Crippen LogP contribution is 2.57. The number of urea groups is 1. The Morgan fingerprint density at radius 3 is 2.58 bits per heavy atom. The molecule has 1 aromatic rings. The summed E-state index contributed by atoms with van der Waals surface area (Å²) in [4.78, 5) is 61.2. The molecule has 0 aliphatic carbocycles. The van der Waals surface area contributed by atoms with E-state index in [2.05, 4.69) is 10.4 Å². The van der Waals surface area contributed by atoms with Crippen molar-refractivity contribution in [1.29, 1.82) is 0 Å². The van der Waals surface area contributed by atoms with Gasteiger partial charge in [-0.15, -0.1) is 0 Å². The van der Waals surface area contributed by atoms with Crippen molar-refractivity contribution in [3.05, 3.63) is 33.1 Å². The maximum atomic E-state index is 13.7. The van der Waals surface area contributed by atoms with Crippen molar-refractivity contribution in [2.75, 3.05) is 12.4 Å². The number of esters is 1. The topological polar surface area (TPSA) is 227 Å². The van der Waals surface area contributed by atoms with Crippen LogP contribution in [0.15, 0.2) is 21.9 Å². The Morgan fingerprint density at radius 1 is 1.32 bits per heavy atom. The fraction of sp³-hybridized carbons (Fsp3) is 0.650. The number of hydrogen-bond donors (Lipinski definition) is 6. The molecule has 3 heterocycles. The molecule has 7 atom stereocenters. The number of nitrogens with zero attached hydrogens (tertiary/aromatic N) is 1. The van der Waals surface area contributed by atoms with E-state index in [-0.39, 0.29) is 5.75 Å². The van der Waals surface area contributed by atoms with E-state index in [4.69, 9.17) is 14.0 Å².